The number of hydrogen-bond donors (Lipinski definition) is 2. The first-order valence-corrected chi connectivity index (χ1v) is 8.71. The first-order valence-electron chi connectivity index (χ1n) is 8.71. The van der Waals surface area contributed by atoms with Gasteiger partial charge in [0.2, 0.25) is 0 Å². The third-order valence-corrected chi connectivity index (χ3v) is 4.22. The van der Waals surface area contributed by atoms with Crippen LogP contribution >= 0.6 is 0 Å². The first kappa shape index (κ1) is 19.1. The highest BCUT2D eigenvalue weighted by Gasteiger charge is 2.26. The summed E-state index contributed by atoms with van der Waals surface area (Å²) in [6.07, 6.45) is 1.22. The van der Waals surface area contributed by atoms with E-state index in [0.29, 0.717) is 31.1 Å². The number of hydrogen-bond acceptors (Lipinski definition) is 4. The molecular weight excluding hydrogens is 320 g/mol. The molecule has 0 aromatic heterocycles. The molecule has 0 unspecified atom stereocenters. The highest BCUT2D eigenvalue weighted by atomic mass is 16.6. The fourth-order valence-electron chi connectivity index (χ4n) is 2.87. The molecule has 0 atom stereocenters. The lowest BCUT2D eigenvalue weighted by Gasteiger charge is -2.32. The molecule has 25 heavy (non-hydrogen) atoms. The Morgan fingerprint density at radius 3 is 2.52 bits per heavy atom. The van der Waals surface area contributed by atoms with E-state index >= 15 is 0 Å². The van der Waals surface area contributed by atoms with E-state index in [1.807, 2.05) is 27.7 Å². The summed E-state index contributed by atoms with van der Waals surface area (Å²) in [5, 5.41) is 12.7. The second-order valence-corrected chi connectivity index (χ2v) is 7.64. The lowest BCUT2D eigenvalue weighted by molar-refractivity contribution is 0.0500. The van der Waals surface area contributed by atoms with Crippen LogP contribution in [0.4, 0.5) is 4.79 Å². The van der Waals surface area contributed by atoms with Crippen LogP contribution in [0, 0.1) is 12.8 Å². The van der Waals surface area contributed by atoms with Crippen molar-refractivity contribution in [2.24, 2.45) is 5.92 Å². The average Bonchev–Trinajstić information content (AvgIpc) is 2.53. The maximum atomic E-state index is 12.6. The third-order valence-electron chi connectivity index (χ3n) is 4.22. The number of carbonyl (C=O) groups excluding carboxylic acids is 2. The SMILES string of the molecule is Cc1ccc(O)c(C(=O)N2CCC(CNC(=O)OC(C)(C)C)CC2)c1. The Labute approximate surface area is 149 Å². The molecule has 1 aromatic rings. The van der Waals surface area contributed by atoms with Crippen molar-refractivity contribution in [1.82, 2.24) is 10.2 Å². The number of nitrogens with one attached hydrogen (secondary N) is 1. The van der Waals surface area contributed by atoms with Crippen LogP contribution in [0.1, 0.15) is 49.5 Å². The molecule has 6 heteroatoms. The van der Waals surface area contributed by atoms with Gasteiger partial charge < -0.3 is 20.1 Å². The van der Waals surface area contributed by atoms with Gasteiger partial charge in [-0.05, 0) is 58.6 Å². The number of likely N-dealkylation sites (tertiary alicyclic amines) is 1. The molecule has 0 bridgehead atoms. The standard InChI is InChI=1S/C19H28N2O4/c1-13-5-6-16(22)15(11-13)17(23)21-9-7-14(8-10-21)12-20-18(24)25-19(2,3)4/h5-6,11,14,22H,7-10,12H2,1-4H3,(H,20,24). The highest BCUT2D eigenvalue weighted by molar-refractivity contribution is 5.97. The topological polar surface area (TPSA) is 78.9 Å². The van der Waals surface area contributed by atoms with Crippen molar-refractivity contribution in [2.75, 3.05) is 19.6 Å². The summed E-state index contributed by atoms with van der Waals surface area (Å²) >= 11 is 0. The molecular formula is C19H28N2O4. The molecule has 1 aromatic carbocycles. The van der Waals surface area contributed by atoms with Crippen LogP contribution < -0.4 is 5.32 Å². The van der Waals surface area contributed by atoms with Gasteiger partial charge in [0.25, 0.3) is 5.91 Å². The molecule has 1 heterocycles. The Morgan fingerprint density at radius 2 is 1.92 bits per heavy atom. The van der Waals surface area contributed by atoms with E-state index in [1.54, 1.807) is 23.1 Å². The Balaban J connectivity index is 1.82. The zero-order valence-corrected chi connectivity index (χ0v) is 15.5. The van der Waals surface area contributed by atoms with E-state index in [-0.39, 0.29) is 11.7 Å². The van der Waals surface area contributed by atoms with E-state index in [1.165, 1.54) is 0 Å². The first-order chi connectivity index (χ1) is 11.7. The maximum absolute atomic E-state index is 12.6. The van der Waals surface area contributed by atoms with Gasteiger partial charge in [0, 0.05) is 19.6 Å². The van der Waals surface area contributed by atoms with Crippen LogP contribution in [0.15, 0.2) is 18.2 Å². The van der Waals surface area contributed by atoms with Crippen molar-refractivity contribution in [3.63, 3.8) is 0 Å². The molecule has 138 valence electrons. The number of amides is 2. The Bertz CT molecular complexity index is 629. The zero-order valence-electron chi connectivity index (χ0n) is 15.5. The number of phenolic OH excluding ortho intramolecular Hbond substituents is 1. The van der Waals surface area contributed by atoms with Crippen molar-refractivity contribution in [1.29, 1.82) is 0 Å². The van der Waals surface area contributed by atoms with Crippen molar-refractivity contribution in [3.8, 4) is 5.75 Å². The molecule has 0 spiro atoms. The quantitative estimate of drug-likeness (QED) is 0.880. The molecule has 0 aliphatic carbocycles. The summed E-state index contributed by atoms with van der Waals surface area (Å²) in [6, 6.07) is 5.05. The highest BCUT2D eigenvalue weighted by Crippen LogP contribution is 2.23. The largest absolute Gasteiger partial charge is 0.507 e. The molecule has 2 rings (SSSR count). The van der Waals surface area contributed by atoms with Gasteiger partial charge >= 0.3 is 6.09 Å². The maximum Gasteiger partial charge on any atom is 0.407 e. The molecule has 2 N–H and O–H groups in total. The van der Waals surface area contributed by atoms with Gasteiger partial charge in [0.05, 0.1) is 5.56 Å². The van der Waals surface area contributed by atoms with Gasteiger partial charge in [-0.1, -0.05) is 11.6 Å². The van der Waals surface area contributed by atoms with E-state index < -0.39 is 11.7 Å². The number of piperidine rings is 1. The molecule has 1 aliphatic heterocycles. The Kier molecular flexibility index (Phi) is 5.93. The average molecular weight is 348 g/mol. The van der Waals surface area contributed by atoms with Gasteiger partial charge in [0.15, 0.2) is 0 Å². The van der Waals surface area contributed by atoms with E-state index in [9.17, 15) is 14.7 Å². The lowest BCUT2D eigenvalue weighted by Crippen LogP contribution is -2.42. The van der Waals surface area contributed by atoms with Crippen molar-refractivity contribution in [3.05, 3.63) is 29.3 Å². The van der Waals surface area contributed by atoms with E-state index in [2.05, 4.69) is 5.32 Å². The number of ether oxygens (including phenoxy) is 1. The van der Waals surface area contributed by atoms with Gasteiger partial charge in [-0.3, -0.25) is 4.79 Å². The number of carbonyl (C=O) groups is 2. The molecule has 0 saturated carbocycles. The van der Waals surface area contributed by atoms with Crippen molar-refractivity contribution < 1.29 is 19.4 Å². The fraction of sp³-hybridized carbons (Fsp3) is 0.579. The molecule has 1 aliphatic rings. The second-order valence-electron chi connectivity index (χ2n) is 7.64. The predicted molar refractivity (Wildman–Crippen MR) is 95.7 cm³/mol. The number of benzene rings is 1. The van der Waals surface area contributed by atoms with E-state index in [0.717, 1.165) is 18.4 Å². The minimum atomic E-state index is -0.504. The molecule has 1 saturated heterocycles. The van der Waals surface area contributed by atoms with Crippen LogP contribution in [0.3, 0.4) is 0 Å². The van der Waals surface area contributed by atoms with Crippen molar-refractivity contribution >= 4 is 12.0 Å². The summed E-state index contributed by atoms with van der Waals surface area (Å²) < 4.78 is 5.23. The number of nitrogens with zero attached hydrogens (tertiary/aromatic N) is 1. The van der Waals surface area contributed by atoms with Gasteiger partial charge in [-0.2, -0.15) is 0 Å². The van der Waals surface area contributed by atoms with Crippen LogP contribution in [0.5, 0.6) is 5.75 Å². The summed E-state index contributed by atoms with van der Waals surface area (Å²) in [6.45, 7) is 9.17. The summed E-state index contributed by atoms with van der Waals surface area (Å²) in [5.74, 6) is 0.201. The fourth-order valence-corrected chi connectivity index (χ4v) is 2.87. The summed E-state index contributed by atoms with van der Waals surface area (Å²) in [7, 11) is 0. The molecule has 0 radical (unpaired) electrons. The number of rotatable bonds is 3. The van der Waals surface area contributed by atoms with Gasteiger partial charge in [-0.25, -0.2) is 4.79 Å². The minimum Gasteiger partial charge on any atom is -0.507 e. The number of alkyl carbamates (subject to hydrolysis) is 1. The molecule has 2 amide bonds. The molecule has 6 nitrogen and oxygen atoms in total. The third kappa shape index (κ3) is 5.66. The smallest absolute Gasteiger partial charge is 0.407 e. The lowest BCUT2D eigenvalue weighted by atomic mass is 9.96. The van der Waals surface area contributed by atoms with Crippen molar-refractivity contribution in [2.45, 2.75) is 46.1 Å². The summed E-state index contributed by atoms with van der Waals surface area (Å²) in [5.41, 5.74) is 0.790. The van der Waals surface area contributed by atoms with Crippen LogP contribution in [0.2, 0.25) is 0 Å². The number of phenols is 1. The van der Waals surface area contributed by atoms with E-state index in [4.69, 9.17) is 4.74 Å². The number of aryl methyl sites for hydroxylation is 1. The number of aromatic hydroxyl groups is 1. The van der Waals surface area contributed by atoms with Gasteiger partial charge in [0.1, 0.15) is 11.4 Å². The second kappa shape index (κ2) is 7.76. The van der Waals surface area contributed by atoms with Crippen LogP contribution in [0.25, 0.3) is 0 Å². The normalized spacial score (nSPS) is 15.8. The molecule has 1 fully saturated rings. The monoisotopic (exact) mass is 348 g/mol. The van der Waals surface area contributed by atoms with Crippen LogP contribution in [-0.4, -0.2) is 47.2 Å². The minimum absolute atomic E-state index is 0.0179. The Morgan fingerprint density at radius 1 is 1.28 bits per heavy atom. The van der Waals surface area contributed by atoms with Crippen LogP contribution in [-0.2, 0) is 4.74 Å². The predicted octanol–water partition coefficient (Wildman–Crippen LogP) is 3.08. The Hall–Kier alpha value is -2.24. The zero-order chi connectivity index (χ0) is 18.6. The van der Waals surface area contributed by atoms with Gasteiger partial charge in [-0.15, -0.1) is 0 Å². The summed E-state index contributed by atoms with van der Waals surface area (Å²) in [4.78, 5) is 26.0.